The second kappa shape index (κ2) is 6.23. The molecule has 1 amide bonds. The number of aromatic nitrogens is 2. The Morgan fingerprint density at radius 3 is 3.17 bits per heavy atom. The number of amides is 1. The number of nitrogens with zero attached hydrogens (tertiary/aromatic N) is 2. The van der Waals surface area contributed by atoms with E-state index in [-0.39, 0.29) is 5.91 Å². The van der Waals surface area contributed by atoms with Gasteiger partial charge in [0.15, 0.2) is 0 Å². The Bertz CT molecular complexity index is 514. The van der Waals surface area contributed by atoms with Crippen LogP contribution in [-0.4, -0.2) is 36.1 Å². The van der Waals surface area contributed by atoms with Crippen molar-refractivity contribution >= 4 is 17.2 Å². The van der Waals surface area contributed by atoms with E-state index in [2.05, 4.69) is 15.3 Å². The lowest BCUT2D eigenvalue weighted by molar-refractivity contribution is 0.0937. The van der Waals surface area contributed by atoms with E-state index in [0.717, 1.165) is 10.6 Å². The van der Waals surface area contributed by atoms with Crippen LogP contribution in [0, 0.1) is 0 Å². The zero-order valence-electron chi connectivity index (χ0n) is 9.92. The van der Waals surface area contributed by atoms with Crippen LogP contribution in [0.1, 0.15) is 10.4 Å². The number of rotatable bonds is 5. The summed E-state index contributed by atoms with van der Waals surface area (Å²) >= 11 is 1.49. The van der Waals surface area contributed by atoms with Crippen molar-refractivity contribution in [1.82, 2.24) is 15.3 Å². The van der Waals surface area contributed by atoms with E-state index >= 15 is 0 Å². The van der Waals surface area contributed by atoms with E-state index in [4.69, 9.17) is 4.74 Å². The molecule has 0 aliphatic carbocycles. The van der Waals surface area contributed by atoms with Crippen LogP contribution in [0.3, 0.4) is 0 Å². The van der Waals surface area contributed by atoms with Gasteiger partial charge in [-0.3, -0.25) is 14.8 Å². The van der Waals surface area contributed by atoms with Gasteiger partial charge in [-0.1, -0.05) is 0 Å². The van der Waals surface area contributed by atoms with E-state index in [1.165, 1.54) is 11.3 Å². The first-order chi connectivity index (χ1) is 8.81. The number of carbonyl (C=O) groups is 1. The SMILES string of the molecule is COCCNC(=O)c1ccnc(-c2cncs2)c1. The van der Waals surface area contributed by atoms with E-state index < -0.39 is 0 Å². The first kappa shape index (κ1) is 12.7. The molecule has 0 unspecified atom stereocenters. The Balaban J connectivity index is 2.10. The summed E-state index contributed by atoms with van der Waals surface area (Å²) in [6.07, 6.45) is 3.36. The number of thiazole rings is 1. The highest BCUT2D eigenvalue weighted by molar-refractivity contribution is 7.13. The molecular formula is C12H13N3O2S. The minimum atomic E-state index is -0.125. The summed E-state index contributed by atoms with van der Waals surface area (Å²) in [4.78, 5) is 21.0. The topological polar surface area (TPSA) is 64.1 Å². The predicted octanol–water partition coefficient (Wildman–Crippen LogP) is 1.58. The van der Waals surface area contributed by atoms with Crippen LogP contribution in [0.2, 0.25) is 0 Å². The van der Waals surface area contributed by atoms with Crippen LogP contribution in [0.15, 0.2) is 30.0 Å². The average molecular weight is 263 g/mol. The standard InChI is InChI=1S/C12H13N3O2S/c1-17-5-4-15-12(16)9-2-3-14-10(6-9)11-7-13-8-18-11/h2-3,6-8H,4-5H2,1H3,(H,15,16). The van der Waals surface area contributed by atoms with Gasteiger partial charge in [0.05, 0.1) is 22.7 Å². The number of pyridine rings is 1. The number of hydrogen-bond donors (Lipinski definition) is 1. The van der Waals surface area contributed by atoms with Crippen LogP contribution in [0.25, 0.3) is 10.6 Å². The minimum Gasteiger partial charge on any atom is -0.383 e. The summed E-state index contributed by atoms with van der Waals surface area (Å²) in [5.74, 6) is -0.125. The summed E-state index contributed by atoms with van der Waals surface area (Å²) in [5, 5.41) is 2.77. The fourth-order valence-corrected chi connectivity index (χ4v) is 2.01. The fourth-order valence-electron chi connectivity index (χ4n) is 1.42. The van der Waals surface area contributed by atoms with Crippen molar-refractivity contribution in [1.29, 1.82) is 0 Å². The first-order valence-corrected chi connectivity index (χ1v) is 6.31. The molecule has 2 aromatic rings. The highest BCUT2D eigenvalue weighted by Gasteiger charge is 2.08. The second-order valence-electron chi connectivity index (χ2n) is 3.54. The molecule has 0 radical (unpaired) electrons. The molecule has 0 aliphatic heterocycles. The van der Waals surface area contributed by atoms with Crippen molar-refractivity contribution in [3.8, 4) is 10.6 Å². The van der Waals surface area contributed by atoms with E-state index in [1.807, 2.05) is 0 Å². The summed E-state index contributed by atoms with van der Waals surface area (Å²) in [6, 6.07) is 3.45. The normalized spacial score (nSPS) is 10.3. The molecule has 18 heavy (non-hydrogen) atoms. The summed E-state index contributed by atoms with van der Waals surface area (Å²) in [6.45, 7) is 0.992. The Morgan fingerprint density at radius 2 is 2.44 bits per heavy atom. The molecule has 5 nitrogen and oxygen atoms in total. The van der Waals surface area contributed by atoms with Crippen LogP contribution >= 0.6 is 11.3 Å². The summed E-state index contributed by atoms with van der Waals surface area (Å²) in [7, 11) is 1.60. The van der Waals surface area contributed by atoms with Gasteiger partial charge in [0.25, 0.3) is 5.91 Å². The third-order valence-electron chi connectivity index (χ3n) is 2.30. The zero-order chi connectivity index (χ0) is 12.8. The van der Waals surface area contributed by atoms with Crippen LogP contribution in [0.4, 0.5) is 0 Å². The minimum absolute atomic E-state index is 0.125. The smallest absolute Gasteiger partial charge is 0.251 e. The van der Waals surface area contributed by atoms with Gasteiger partial charge in [-0.15, -0.1) is 11.3 Å². The van der Waals surface area contributed by atoms with Gasteiger partial charge in [0, 0.05) is 31.6 Å². The van der Waals surface area contributed by atoms with E-state index in [9.17, 15) is 4.79 Å². The number of carbonyl (C=O) groups excluding carboxylic acids is 1. The van der Waals surface area contributed by atoms with Crippen molar-refractivity contribution < 1.29 is 9.53 Å². The lowest BCUT2D eigenvalue weighted by Crippen LogP contribution is -2.26. The lowest BCUT2D eigenvalue weighted by atomic mass is 10.2. The van der Waals surface area contributed by atoms with Crippen LogP contribution < -0.4 is 5.32 Å². The molecular weight excluding hydrogens is 250 g/mol. The molecule has 0 saturated carbocycles. The third-order valence-corrected chi connectivity index (χ3v) is 3.09. The van der Waals surface area contributed by atoms with E-state index in [0.29, 0.717) is 18.7 Å². The van der Waals surface area contributed by atoms with Gasteiger partial charge in [0.2, 0.25) is 0 Å². The Morgan fingerprint density at radius 1 is 1.56 bits per heavy atom. The number of methoxy groups -OCH3 is 1. The molecule has 2 heterocycles. The molecule has 0 aliphatic rings. The van der Waals surface area contributed by atoms with Crippen molar-refractivity contribution in [2.45, 2.75) is 0 Å². The van der Waals surface area contributed by atoms with Gasteiger partial charge in [-0.05, 0) is 12.1 Å². The Labute approximate surface area is 109 Å². The van der Waals surface area contributed by atoms with Crippen LogP contribution in [0.5, 0.6) is 0 Å². The maximum absolute atomic E-state index is 11.8. The molecule has 94 valence electrons. The van der Waals surface area contributed by atoms with Gasteiger partial charge < -0.3 is 10.1 Å². The van der Waals surface area contributed by atoms with Gasteiger partial charge in [-0.25, -0.2) is 0 Å². The fraction of sp³-hybridized carbons (Fsp3) is 0.250. The van der Waals surface area contributed by atoms with Gasteiger partial charge in [-0.2, -0.15) is 0 Å². The highest BCUT2D eigenvalue weighted by atomic mass is 32.1. The van der Waals surface area contributed by atoms with Crippen molar-refractivity contribution in [2.24, 2.45) is 0 Å². The molecule has 0 fully saturated rings. The molecule has 0 saturated heterocycles. The molecule has 6 heteroatoms. The largest absolute Gasteiger partial charge is 0.383 e. The predicted molar refractivity (Wildman–Crippen MR) is 69.6 cm³/mol. The van der Waals surface area contributed by atoms with Crippen molar-refractivity contribution in [3.05, 3.63) is 35.6 Å². The number of ether oxygens (including phenoxy) is 1. The molecule has 0 aromatic carbocycles. The molecule has 0 atom stereocenters. The summed E-state index contributed by atoms with van der Waals surface area (Å²) in [5.41, 5.74) is 3.09. The molecule has 0 spiro atoms. The Kier molecular flexibility index (Phi) is 4.38. The average Bonchev–Trinajstić information content (AvgIpc) is 2.93. The third kappa shape index (κ3) is 3.12. The highest BCUT2D eigenvalue weighted by Crippen LogP contribution is 2.21. The first-order valence-electron chi connectivity index (χ1n) is 5.43. The molecule has 2 rings (SSSR count). The maximum atomic E-state index is 11.8. The molecule has 2 aromatic heterocycles. The lowest BCUT2D eigenvalue weighted by Gasteiger charge is -2.05. The zero-order valence-corrected chi connectivity index (χ0v) is 10.7. The van der Waals surface area contributed by atoms with Crippen LogP contribution in [-0.2, 0) is 4.74 Å². The van der Waals surface area contributed by atoms with Crippen molar-refractivity contribution in [2.75, 3.05) is 20.3 Å². The molecule has 0 bridgehead atoms. The Hall–Kier alpha value is -1.79. The second-order valence-corrected chi connectivity index (χ2v) is 4.43. The van der Waals surface area contributed by atoms with Crippen molar-refractivity contribution in [3.63, 3.8) is 0 Å². The van der Waals surface area contributed by atoms with Gasteiger partial charge >= 0.3 is 0 Å². The monoisotopic (exact) mass is 263 g/mol. The number of nitrogens with one attached hydrogen (secondary N) is 1. The van der Waals surface area contributed by atoms with E-state index in [1.54, 1.807) is 37.1 Å². The quantitative estimate of drug-likeness (QED) is 0.832. The maximum Gasteiger partial charge on any atom is 0.251 e. The summed E-state index contributed by atoms with van der Waals surface area (Å²) < 4.78 is 4.88. The number of hydrogen-bond acceptors (Lipinski definition) is 5. The van der Waals surface area contributed by atoms with Gasteiger partial charge in [0.1, 0.15) is 0 Å². The molecule has 1 N–H and O–H groups in total.